The number of para-hydroxylation sites is 2. The maximum absolute atomic E-state index is 2.54. The lowest BCUT2D eigenvalue weighted by Gasteiger charge is -2.40. The Morgan fingerprint density at radius 1 is 0.538 bits per heavy atom. The van der Waals surface area contributed by atoms with Crippen molar-refractivity contribution in [2.24, 2.45) is 0 Å². The summed E-state index contributed by atoms with van der Waals surface area (Å²) >= 11 is 1.90. The largest absolute Gasteiger partial charge is 0.424 e. The van der Waals surface area contributed by atoms with Crippen LogP contribution in [0.25, 0.3) is 38.6 Å². The van der Waals surface area contributed by atoms with Crippen LogP contribution in [-0.4, -0.2) is 20.5 Å². The fourth-order valence-electron chi connectivity index (χ4n) is 8.20. The predicted molar refractivity (Wildman–Crippen MR) is 221 cm³/mol. The lowest BCUT2D eigenvalue weighted by molar-refractivity contribution is 0.590. The topological polar surface area (TPSA) is 18.0 Å². The molecule has 0 fully saturated rings. The number of hydrogen-bond donors (Lipinski definition) is 0. The lowest BCUT2D eigenvalue weighted by atomic mass is 9.64. The zero-order valence-electron chi connectivity index (χ0n) is 30.6. The van der Waals surface area contributed by atoms with Crippen molar-refractivity contribution in [3.63, 3.8) is 0 Å². The summed E-state index contributed by atoms with van der Waals surface area (Å²) in [5.41, 5.74) is 12.5. The SMILES string of the molecule is CC(C)(C)c1cc2n(c1)B1c3c(cc(-n4c5ccccc5c5ccccc54)cc3N(c3ccc(-c4ccccc4)cc3)c3cc(C(C)(C)C)cn31)S2. The van der Waals surface area contributed by atoms with E-state index in [-0.39, 0.29) is 17.8 Å². The van der Waals surface area contributed by atoms with E-state index in [1.807, 2.05) is 11.8 Å². The highest BCUT2D eigenvalue weighted by atomic mass is 32.2. The van der Waals surface area contributed by atoms with Gasteiger partial charge >= 0.3 is 6.98 Å². The molecule has 0 atom stereocenters. The molecule has 0 spiro atoms. The molecule has 2 aliphatic heterocycles. The predicted octanol–water partition coefficient (Wildman–Crippen LogP) is 11.7. The van der Waals surface area contributed by atoms with Crippen LogP contribution in [0.5, 0.6) is 0 Å². The van der Waals surface area contributed by atoms with E-state index in [0.29, 0.717) is 0 Å². The van der Waals surface area contributed by atoms with Gasteiger partial charge in [0.15, 0.2) is 0 Å². The van der Waals surface area contributed by atoms with Crippen molar-refractivity contribution in [3.05, 3.63) is 151 Å². The molecule has 0 amide bonds. The van der Waals surface area contributed by atoms with Gasteiger partial charge in [-0.3, -0.25) is 4.90 Å². The summed E-state index contributed by atoms with van der Waals surface area (Å²) in [7, 11) is 0. The van der Waals surface area contributed by atoms with Crippen LogP contribution in [0, 0.1) is 0 Å². The van der Waals surface area contributed by atoms with Gasteiger partial charge in [0, 0.05) is 38.2 Å². The number of nitrogens with zero attached hydrogens (tertiary/aromatic N) is 4. The summed E-state index contributed by atoms with van der Waals surface area (Å²) < 4.78 is 7.53. The van der Waals surface area contributed by atoms with Crippen molar-refractivity contribution in [1.29, 1.82) is 0 Å². The number of fused-ring (bicyclic) bond motifs is 7. The van der Waals surface area contributed by atoms with Crippen molar-refractivity contribution in [2.45, 2.75) is 62.3 Å². The first kappa shape index (κ1) is 31.4. The first-order valence-corrected chi connectivity index (χ1v) is 19.1. The first-order valence-electron chi connectivity index (χ1n) is 18.3. The molecule has 4 nitrogen and oxygen atoms in total. The smallest absolute Gasteiger partial charge is 0.362 e. The Bertz CT molecular complexity index is 2630. The third-order valence-corrected chi connectivity index (χ3v) is 12.1. The summed E-state index contributed by atoms with van der Waals surface area (Å²) in [5.74, 6) is 1.18. The zero-order valence-corrected chi connectivity index (χ0v) is 31.4. The molecular weight excluding hydrogens is 651 g/mol. The minimum Gasteiger partial charge on any atom is -0.362 e. The van der Waals surface area contributed by atoms with Gasteiger partial charge in [0.25, 0.3) is 0 Å². The highest BCUT2D eigenvalue weighted by Gasteiger charge is 2.44. The Morgan fingerprint density at radius 2 is 1.12 bits per heavy atom. The van der Waals surface area contributed by atoms with Crippen molar-refractivity contribution in [1.82, 2.24) is 13.5 Å². The molecule has 3 aromatic heterocycles. The standard InChI is InChI=1S/C46H41BN4S/c1-45(2,3)32-24-42-48(28-32)47-44-40(51(42)34-22-20-31(21-23-34)30-14-8-7-9-15-30)26-35(27-41(44)52-43-25-33(29-49(43)47)46(4,5)6)50-38-18-12-10-16-36(38)37-17-11-13-19-39(37)50/h7-29H,1-6H3. The van der Waals surface area contributed by atoms with Crippen LogP contribution in [0.3, 0.4) is 0 Å². The van der Waals surface area contributed by atoms with E-state index >= 15 is 0 Å². The fraction of sp³-hybridized carbons (Fsp3) is 0.174. The van der Waals surface area contributed by atoms with Crippen LogP contribution < -0.4 is 10.4 Å². The molecule has 5 aromatic carbocycles. The van der Waals surface area contributed by atoms with Crippen LogP contribution in [-0.2, 0) is 10.8 Å². The van der Waals surface area contributed by atoms with E-state index in [4.69, 9.17) is 0 Å². The first-order chi connectivity index (χ1) is 25.0. The van der Waals surface area contributed by atoms with E-state index in [0.717, 1.165) is 5.69 Å². The second-order valence-corrected chi connectivity index (χ2v) is 17.5. The van der Waals surface area contributed by atoms with E-state index in [9.17, 15) is 0 Å². The number of anilines is 3. The Kier molecular flexibility index (Phi) is 6.70. The van der Waals surface area contributed by atoms with Gasteiger partial charge in [-0.25, -0.2) is 0 Å². The van der Waals surface area contributed by atoms with Crippen LogP contribution in [0.4, 0.5) is 17.2 Å². The molecule has 0 aliphatic carbocycles. The molecular formula is C46H41BN4S. The lowest BCUT2D eigenvalue weighted by Crippen LogP contribution is -2.53. The normalized spacial score (nSPS) is 13.8. The highest BCUT2D eigenvalue weighted by Crippen LogP contribution is 2.48. The van der Waals surface area contributed by atoms with Crippen LogP contribution >= 0.6 is 11.8 Å². The zero-order chi connectivity index (χ0) is 35.5. The second kappa shape index (κ2) is 11.1. The third-order valence-electron chi connectivity index (χ3n) is 11.0. The molecule has 0 unspecified atom stereocenters. The quantitative estimate of drug-likeness (QED) is 0.172. The number of rotatable bonds is 3. The maximum Gasteiger partial charge on any atom is 0.424 e. The molecule has 10 rings (SSSR count). The maximum atomic E-state index is 2.54. The molecule has 2 aliphatic rings. The summed E-state index contributed by atoms with van der Waals surface area (Å²) in [6, 6.07) is 47.2. The molecule has 254 valence electrons. The molecule has 0 N–H and O–H groups in total. The van der Waals surface area contributed by atoms with E-state index < -0.39 is 0 Å². The van der Waals surface area contributed by atoms with Gasteiger partial charge < -0.3 is 13.5 Å². The minimum atomic E-state index is -0.0180. The number of hydrogen-bond acceptors (Lipinski definition) is 2. The van der Waals surface area contributed by atoms with Gasteiger partial charge in [0.05, 0.1) is 16.1 Å². The van der Waals surface area contributed by atoms with Gasteiger partial charge in [-0.1, -0.05) is 132 Å². The number of benzene rings is 5. The number of aromatic nitrogens is 3. The van der Waals surface area contributed by atoms with E-state index in [1.165, 1.54) is 76.6 Å². The summed E-state index contributed by atoms with van der Waals surface area (Å²) in [6.07, 6.45) is 4.82. The van der Waals surface area contributed by atoms with Gasteiger partial charge in [0.1, 0.15) is 5.82 Å². The van der Waals surface area contributed by atoms with Gasteiger partial charge in [-0.2, -0.15) is 0 Å². The van der Waals surface area contributed by atoms with E-state index in [1.54, 1.807) is 0 Å². The van der Waals surface area contributed by atoms with Crippen LogP contribution in [0.1, 0.15) is 52.7 Å². The average Bonchev–Trinajstić information content (AvgIpc) is 3.86. The Balaban J connectivity index is 1.27. The van der Waals surface area contributed by atoms with Crippen LogP contribution in [0.2, 0.25) is 0 Å². The monoisotopic (exact) mass is 692 g/mol. The van der Waals surface area contributed by atoms with Crippen molar-refractivity contribution >= 4 is 63.2 Å². The summed E-state index contributed by atoms with van der Waals surface area (Å²) in [5, 5.41) is 3.83. The Morgan fingerprint density at radius 3 is 1.77 bits per heavy atom. The van der Waals surface area contributed by atoms with Gasteiger partial charge in [-0.15, -0.1) is 0 Å². The van der Waals surface area contributed by atoms with E-state index in [2.05, 4.69) is 200 Å². The second-order valence-electron chi connectivity index (χ2n) is 16.4. The molecule has 0 bridgehead atoms. The molecule has 6 heteroatoms. The molecule has 5 heterocycles. The van der Waals surface area contributed by atoms with Crippen LogP contribution in [0.15, 0.2) is 150 Å². The Labute approximate surface area is 310 Å². The average molecular weight is 693 g/mol. The molecule has 8 aromatic rings. The molecule has 52 heavy (non-hydrogen) atoms. The van der Waals surface area contributed by atoms with Crippen molar-refractivity contribution in [2.75, 3.05) is 4.90 Å². The van der Waals surface area contributed by atoms with Crippen molar-refractivity contribution < 1.29 is 0 Å². The fourth-order valence-corrected chi connectivity index (χ4v) is 9.37. The third kappa shape index (κ3) is 4.70. The Hall–Kier alpha value is -5.33. The van der Waals surface area contributed by atoms with Gasteiger partial charge in [0.2, 0.25) is 0 Å². The minimum absolute atomic E-state index is 0.00417. The van der Waals surface area contributed by atoms with Crippen molar-refractivity contribution in [3.8, 4) is 16.8 Å². The highest BCUT2D eigenvalue weighted by molar-refractivity contribution is 7.99. The molecule has 0 radical (unpaired) electrons. The summed E-state index contributed by atoms with van der Waals surface area (Å²) in [6.45, 7) is 13.9. The summed E-state index contributed by atoms with van der Waals surface area (Å²) in [4.78, 5) is 3.81. The molecule has 0 saturated carbocycles. The molecule has 0 saturated heterocycles. The van der Waals surface area contributed by atoms with Gasteiger partial charge in [-0.05, 0) is 94.0 Å².